The number of nitrogens with two attached hydrogens (primary N) is 1. The highest BCUT2D eigenvalue weighted by molar-refractivity contribution is 5.03. The minimum atomic E-state index is 0.150. The Kier molecular flexibility index (Phi) is 4.42. The van der Waals surface area contributed by atoms with Crippen LogP contribution in [0.2, 0.25) is 0 Å². The predicted molar refractivity (Wildman–Crippen MR) is 54.7 cm³/mol. The maximum atomic E-state index is 5.86. The molecule has 0 aromatic heterocycles. The van der Waals surface area contributed by atoms with Crippen LogP contribution in [0.4, 0.5) is 0 Å². The van der Waals surface area contributed by atoms with Crippen LogP contribution in [0.3, 0.4) is 0 Å². The number of rotatable bonds is 4. The molecule has 3 heteroatoms. The van der Waals surface area contributed by atoms with Crippen LogP contribution >= 0.6 is 0 Å². The molecule has 0 spiro atoms. The molecule has 0 amide bonds. The summed E-state index contributed by atoms with van der Waals surface area (Å²) >= 11 is 0. The zero-order valence-corrected chi connectivity index (χ0v) is 8.62. The Balaban J connectivity index is 2.23. The van der Waals surface area contributed by atoms with E-state index in [1.54, 1.807) is 7.11 Å². The van der Waals surface area contributed by atoms with Gasteiger partial charge < -0.3 is 10.5 Å². The molecule has 1 heterocycles. The number of ether oxygens (including phenoxy) is 1. The molecule has 1 unspecified atom stereocenters. The SMILES string of the molecule is COCC(N)CN1CC=C(C)CC1. The van der Waals surface area contributed by atoms with Crippen molar-refractivity contribution in [3.8, 4) is 0 Å². The van der Waals surface area contributed by atoms with E-state index >= 15 is 0 Å². The third kappa shape index (κ3) is 3.89. The van der Waals surface area contributed by atoms with Crippen molar-refractivity contribution >= 4 is 0 Å². The van der Waals surface area contributed by atoms with E-state index in [1.165, 1.54) is 12.0 Å². The van der Waals surface area contributed by atoms with Gasteiger partial charge in [-0.15, -0.1) is 0 Å². The lowest BCUT2D eigenvalue weighted by Crippen LogP contribution is -2.41. The first-order valence-electron chi connectivity index (χ1n) is 4.85. The Morgan fingerprint density at radius 2 is 2.46 bits per heavy atom. The number of hydrogen-bond acceptors (Lipinski definition) is 3. The summed E-state index contributed by atoms with van der Waals surface area (Å²) in [6.07, 6.45) is 3.46. The fourth-order valence-corrected chi connectivity index (χ4v) is 1.58. The molecule has 0 aromatic rings. The lowest BCUT2D eigenvalue weighted by Gasteiger charge is -2.27. The first-order valence-corrected chi connectivity index (χ1v) is 4.85. The van der Waals surface area contributed by atoms with Crippen molar-refractivity contribution in [1.29, 1.82) is 0 Å². The summed E-state index contributed by atoms with van der Waals surface area (Å²) in [5.74, 6) is 0. The Morgan fingerprint density at radius 1 is 1.69 bits per heavy atom. The largest absolute Gasteiger partial charge is 0.383 e. The van der Waals surface area contributed by atoms with Crippen molar-refractivity contribution in [2.24, 2.45) is 5.73 Å². The Labute approximate surface area is 80.5 Å². The van der Waals surface area contributed by atoms with E-state index in [0.717, 1.165) is 19.6 Å². The van der Waals surface area contributed by atoms with Gasteiger partial charge in [0, 0.05) is 32.8 Å². The van der Waals surface area contributed by atoms with Crippen LogP contribution in [-0.2, 0) is 4.74 Å². The molecule has 0 aromatic carbocycles. The van der Waals surface area contributed by atoms with Gasteiger partial charge >= 0.3 is 0 Å². The third-order valence-corrected chi connectivity index (χ3v) is 2.39. The van der Waals surface area contributed by atoms with E-state index in [1.807, 2.05) is 0 Å². The Hall–Kier alpha value is -0.380. The first-order chi connectivity index (χ1) is 6.22. The molecule has 76 valence electrons. The van der Waals surface area contributed by atoms with E-state index in [-0.39, 0.29) is 6.04 Å². The van der Waals surface area contributed by atoms with E-state index in [2.05, 4.69) is 17.9 Å². The molecule has 1 atom stereocenters. The summed E-state index contributed by atoms with van der Waals surface area (Å²) in [6, 6.07) is 0.150. The number of nitrogens with zero attached hydrogens (tertiary/aromatic N) is 1. The van der Waals surface area contributed by atoms with E-state index in [0.29, 0.717) is 6.61 Å². The topological polar surface area (TPSA) is 38.5 Å². The average molecular weight is 184 g/mol. The summed E-state index contributed by atoms with van der Waals surface area (Å²) in [5.41, 5.74) is 7.36. The molecule has 0 saturated carbocycles. The molecule has 3 nitrogen and oxygen atoms in total. The highest BCUT2D eigenvalue weighted by Gasteiger charge is 2.12. The van der Waals surface area contributed by atoms with Gasteiger partial charge in [-0.05, 0) is 13.3 Å². The number of methoxy groups -OCH3 is 1. The monoisotopic (exact) mass is 184 g/mol. The normalized spacial score (nSPS) is 21.3. The van der Waals surface area contributed by atoms with Gasteiger partial charge in [0.05, 0.1) is 6.61 Å². The van der Waals surface area contributed by atoms with Gasteiger partial charge in [0.1, 0.15) is 0 Å². The molecule has 0 bridgehead atoms. The van der Waals surface area contributed by atoms with Gasteiger partial charge in [0.25, 0.3) is 0 Å². The molecule has 0 aliphatic carbocycles. The van der Waals surface area contributed by atoms with Crippen LogP contribution in [0, 0.1) is 0 Å². The van der Waals surface area contributed by atoms with Crippen LogP contribution < -0.4 is 5.73 Å². The Morgan fingerprint density at radius 3 is 3.00 bits per heavy atom. The third-order valence-electron chi connectivity index (χ3n) is 2.39. The summed E-state index contributed by atoms with van der Waals surface area (Å²) in [4.78, 5) is 2.37. The maximum absolute atomic E-state index is 5.86. The highest BCUT2D eigenvalue weighted by Crippen LogP contribution is 2.09. The van der Waals surface area contributed by atoms with Crippen molar-refractivity contribution in [2.45, 2.75) is 19.4 Å². The van der Waals surface area contributed by atoms with Crippen LogP contribution in [0.25, 0.3) is 0 Å². The van der Waals surface area contributed by atoms with Crippen LogP contribution in [0.15, 0.2) is 11.6 Å². The lowest BCUT2D eigenvalue weighted by atomic mass is 10.1. The van der Waals surface area contributed by atoms with Gasteiger partial charge in [0.15, 0.2) is 0 Å². The molecule has 0 fully saturated rings. The fraction of sp³-hybridized carbons (Fsp3) is 0.800. The Bertz CT molecular complexity index is 180. The van der Waals surface area contributed by atoms with Gasteiger partial charge in [-0.2, -0.15) is 0 Å². The summed E-state index contributed by atoms with van der Waals surface area (Å²) in [5, 5.41) is 0. The molecule has 1 aliphatic rings. The standard InChI is InChI=1S/C10H20N2O/c1-9-3-5-12(6-4-9)7-10(11)8-13-2/h3,10H,4-8,11H2,1-2H3. The summed E-state index contributed by atoms with van der Waals surface area (Å²) in [6.45, 7) is 5.96. The molecule has 0 radical (unpaired) electrons. The lowest BCUT2D eigenvalue weighted by molar-refractivity contribution is 0.156. The number of hydrogen-bond donors (Lipinski definition) is 1. The van der Waals surface area contributed by atoms with Gasteiger partial charge in [-0.1, -0.05) is 11.6 Å². The molecule has 13 heavy (non-hydrogen) atoms. The summed E-state index contributed by atoms with van der Waals surface area (Å²) < 4.78 is 5.00. The van der Waals surface area contributed by atoms with Crippen molar-refractivity contribution in [1.82, 2.24) is 4.90 Å². The highest BCUT2D eigenvalue weighted by atomic mass is 16.5. The minimum absolute atomic E-state index is 0.150. The second-order valence-corrected chi connectivity index (χ2v) is 3.78. The van der Waals surface area contributed by atoms with Crippen LogP contribution in [-0.4, -0.2) is 44.3 Å². The van der Waals surface area contributed by atoms with Crippen molar-refractivity contribution in [3.05, 3.63) is 11.6 Å². The zero-order chi connectivity index (χ0) is 9.68. The van der Waals surface area contributed by atoms with E-state index in [9.17, 15) is 0 Å². The fourth-order valence-electron chi connectivity index (χ4n) is 1.58. The molecule has 2 N–H and O–H groups in total. The first kappa shape index (κ1) is 10.7. The molecular weight excluding hydrogens is 164 g/mol. The molecule has 0 saturated heterocycles. The van der Waals surface area contributed by atoms with Crippen molar-refractivity contribution < 1.29 is 4.74 Å². The smallest absolute Gasteiger partial charge is 0.0626 e. The molecule has 1 aliphatic heterocycles. The van der Waals surface area contributed by atoms with Crippen LogP contribution in [0.1, 0.15) is 13.3 Å². The predicted octanol–water partition coefficient (Wildman–Crippen LogP) is 0.612. The average Bonchev–Trinajstić information content (AvgIpc) is 2.09. The summed E-state index contributed by atoms with van der Waals surface area (Å²) in [7, 11) is 1.69. The second-order valence-electron chi connectivity index (χ2n) is 3.78. The molecular formula is C10H20N2O. The maximum Gasteiger partial charge on any atom is 0.0626 e. The van der Waals surface area contributed by atoms with Gasteiger partial charge in [0.2, 0.25) is 0 Å². The van der Waals surface area contributed by atoms with Crippen LogP contribution in [0.5, 0.6) is 0 Å². The van der Waals surface area contributed by atoms with E-state index in [4.69, 9.17) is 10.5 Å². The minimum Gasteiger partial charge on any atom is -0.383 e. The van der Waals surface area contributed by atoms with Crippen molar-refractivity contribution in [3.63, 3.8) is 0 Å². The van der Waals surface area contributed by atoms with Gasteiger partial charge in [-0.25, -0.2) is 0 Å². The van der Waals surface area contributed by atoms with Gasteiger partial charge in [-0.3, -0.25) is 4.90 Å². The molecule has 1 rings (SSSR count). The van der Waals surface area contributed by atoms with E-state index < -0.39 is 0 Å². The van der Waals surface area contributed by atoms with Crippen molar-refractivity contribution in [2.75, 3.05) is 33.4 Å². The second kappa shape index (κ2) is 5.37. The quantitative estimate of drug-likeness (QED) is 0.651. The zero-order valence-electron chi connectivity index (χ0n) is 8.62.